The molecule has 3 heterocycles. The van der Waals surface area contributed by atoms with Crippen LogP contribution in [-0.2, 0) is 9.59 Å². The number of hydrogen-bond acceptors (Lipinski definition) is 5. The Hall–Kier alpha value is -2.75. The van der Waals surface area contributed by atoms with Crippen molar-refractivity contribution in [3.8, 4) is 17.6 Å². The minimum Gasteiger partial charge on any atom is -0.454 e. The zero-order valence-electron chi connectivity index (χ0n) is 14.4. The van der Waals surface area contributed by atoms with Gasteiger partial charge < -0.3 is 19.3 Å². The lowest BCUT2D eigenvalue weighted by molar-refractivity contribution is -0.159. The molecule has 25 heavy (non-hydrogen) atoms. The number of nitrogens with zero attached hydrogens (tertiary/aromatic N) is 3. The van der Waals surface area contributed by atoms with E-state index >= 15 is 0 Å². The molecule has 0 spiro atoms. The number of hydrogen-bond donors (Lipinski definition) is 0. The summed E-state index contributed by atoms with van der Waals surface area (Å²) in [6.45, 7) is 3.69. The minimum absolute atomic E-state index is 0.114. The fourth-order valence-electron chi connectivity index (χ4n) is 4.11. The van der Waals surface area contributed by atoms with Crippen molar-refractivity contribution in [3.63, 3.8) is 0 Å². The molecule has 4 rings (SSSR count). The molecule has 0 saturated carbocycles. The summed E-state index contributed by atoms with van der Waals surface area (Å²) in [6.07, 6.45) is 0.324. The average Bonchev–Trinajstić information content (AvgIpc) is 3.20. The highest BCUT2D eigenvalue weighted by atomic mass is 16.7. The lowest BCUT2D eigenvalue weighted by Crippen LogP contribution is -2.60. The van der Waals surface area contributed by atoms with Crippen molar-refractivity contribution in [3.05, 3.63) is 23.8 Å². The SMILES string of the molecule is C[C@@H]1C(=O)N2[C@@H](c3ccc4c(c3)OCO4)[C@@](C)(C#N)C[C@H]2C(=O)N1C. The Bertz CT molecular complexity index is 817. The number of piperazine rings is 1. The van der Waals surface area contributed by atoms with Crippen LogP contribution in [0.4, 0.5) is 0 Å². The third-order valence-corrected chi connectivity index (χ3v) is 5.63. The molecule has 1 aromatic rings. The van der Waals surface area contributed by atoms with E-state index in [0.717, 1.165) is 5.56 Å². The molecule has 0 unspecified atom stereocenters. The second kappa shape index (κ2) is 5.12. The van der Waals surface area contributed by atoms with Gasteiger partial charge in [0, 0.05) is 7.05 Å². The number of amides is 2. The molecule has 4 atom stereocenters. The first-order valence-electron chi connectivity index (χ1n) is 8.27. The maximum absolute atomic E-state index is 13.0. The number of rotatable bonds is 1. The van der Waals surface area contributed by atoms with E-state index in [1.54, 1.807) is 24.9 Å². The molecule has 3 aliphatic heterocycles. The molecular formula is C18H19N3O4. The summed E-state index contributed by atoms with van der Waals surface area (Å²) in [6, 6.07) is 6.15. The van der Waals surface area contributed by atoms with Crippen LogP contribution in [0.3, 0.4) is 0 Å². The summed E-state index contributed by atoms with van der Waals surface area (Å²) < 4.78 is 10.8. The van der Waals surface area contributed by atoms with Crippen molar-refractivity contribution >= 4 is 11.8 Å². The van der Waals surface area contributed by atoms with Crippen molar-refractivity contribution < 1.29 is 19.1 Å². The summed E-state index contributed by atoms with van der Waals surface area (Å²) in [5.41, 5.74) is -0.0668. The molecule has 0 aliphatic carbocycles. The summed E-state index contributed by atoms with van der Waals surface area (Å²) in [5.74, 6) is 0.999. The van der Waals surface area contributed by atoms with E-state index in [-0.39, 0.29) is 18.6 Å². The summed E-state index contributed by atoms with van der Waals surface area (Å²) in [5, 5.41) is 9.83. The van der Waals surface area contributed by atoms with Gasteiger partial charge in [-0.15, -0.1) is 0 Å². The molecule has 0 radical (unpaired) electrons. The molecule has 2 amide bonds. The quantitative estimate of drug-likeness (QED) is 0.772. The lowest BCUT2D eigenvalue weighted by Gasteiger charge is -2.42. The van der Waals surface area contributed by atoms with E-state index in [0.29, 0.717) is 17.9 Å². The van der Waals surface area contributed by atoms with E-state index in [1.807, 2.05) is 19.1 Å². The van der Waals surface area contributed by atoms with E-state index in [4.69, 9.17) is 9.47 Å². The summed E-state index contributed by atoms with van der Waals surface area (Å²) in [4.78, 5) is 28.7. The Morgan fingerprint density at radius 2 is 1.96 bits per heavy atom. The van der Waals surface area contributed by atoms with Gasteiger partial charge in [-0.3, -0.25) is 9.59 Å². The van der Waals surface area contributed by atoms with Gasteiger partial charge in [-0.1, -0.05) is 6.07 Å². The fraction of sp³-hybridized carbons (Fsp3) is 0.500. The van der Waals surface area contributed by atoms with Gasteiger partial charge in [0.05, 0.1) is 17.5 Å². The largest absolute Gasteiger partial charge is 0.454 e. The van der Waals surface area contributed by atoms with Crippen LogP contribution in [0.15, 0.2) is 18.2 Å². The first kappa shape index (κ1) is 15.8. The van der Waals surface area contributed by atoms with Crippen LogP contribution < -0.4 is 9.47 Å². The maximum atomic E-state index is 13.0. The van der Waals surface area contributed by atoms with Gasteiger partial charge in [0.15, 0.2) is 11.5 Å². The van der Waals surface area contributed by atoms with Gasteiger partial charge in [-0.25, -0.2) is 0 Å². The van der Waals surface area contributed by atoms with E-state index < -0.39 is 23.5 Å². The normalized spacial score (nSPS) is 33.4. The molecule has 0 bridgehead atoms. The highest BCUT2D eigenvalue weighted by Crippen LogP contribution is 2.52. The molecular weight excluding hydrogens is 322 g/mol. The number of ether oxygens (including phenoxy) is 2. The molecule has 0 aromatic heterocycles. The molecule has 2 fully saturated rings. The number of carbonyl (C=O) groups excluding carboxylic acids is 2. The fourth-order valence-corrected chi connectivity index (χ4v) is 4.11. The van der Waals surface area contributed by atoms with Crippen LogP contribution in [0.1, 0.15) is 31.9 Å². The Morgan fingerprint density at radius 1 is 1.24 bits per heavy atom. The van der Waals surface area contributed by atoms with Gasteiger partial charge in [0.25, 0.3) is 0 Å². The Balaban J connectivity index is 1.83. The van der Waals surface area contributed by atoms with Crippen molar-refractivity contribution in [2.75, 3.05) is 13.8 Å². The summed E-state index contributed by atoms with van der Waals surface area (Å²) in [7, 11) is 1.64. The van der Waals surface area contributed by atoms with Crippen LogP contribution in [0, 0.1) is 16.7 Å². The molecule has 3 aliphatic rings. The average molecular weight is 341 g/mol. The Labute approximate surface area is 145 Å². The maximum Gasteiger partial charge on any atom is 0.246 e. The second-order valence-electron chi connectivity index (χ2n) is 7.14. The second-order valence-corrected chi connectivity index (χ2v) is 7.14. The topological polar surface area (TPSA) is 82.9 Å². The van der Waals surface area contributed by atoms with Gasteiger partial charge in [-0.05, 0) is 38.0 Å². The number of fused-ring (bicyclic) bond motifs is 2. The Morgan fingerprint density at radius 3 is 2.68 bits per heavy atom. The number of carbonyl (C=O) groups is 2. The zero-order valence-corrected chi connectivity index (χ0v) is 14.4. The summed E-state index contributed by atoms with van der Waals surface area (Å²) >= 11 is 0. The molecule has 2 saturated heterocycles. The number of likely N-dealkylation sites (N-methyl/N-ethyl adjacent to an activating group) is 1. The third-order valence-electron chi connectivity index (χ3n) is 5.63. The van der Waals surface area contributed by atoms with E-state index in [1.165, 1.54) is 4.90 Å². The third kappa shape index (κ3) is 2.03. The van der Waals surface area contributed by atoms with Crippen molar-refractivity contribution in [1.82, 2.24) is 9.80 Å². The van der Waals surface area contributed by atoms with E-state index in [9.17, 15) is 14.9 Å². The van der Waals surface area contributed by atoms with Gasteiger partial charge in [0.2, 0.25) is 18.6 Å². The smallest absolute Gasteiger partial charge is 0.246 e. The predicted octanol–water partition coefficient (Wildman–Crippen LogP) is 1.45. The highest BCUT2D eigenvalue weighted by molar-refractivity contribution is 5.97. The van der Waals surface area contributed by atoms with Crippen LogP contribution >= 0.6 is 0 Å². The van der Waals surface area contributed by atoms with Gasteiger partial charge in [-0.2, -0.15) is 5.26 Å². The molecule has 7 heteroatoms. The van der Waals surface area contributed by atoms with E-state index in [2.05, 4.69) is 6.07 Å². The molecule has 0 N–H and O–H groups in total. The zero-order chi connectivity index (χ0) is 17.9. The number of benzene rings is 1. The van der Waals surface area contributed by atoms with Gasteiger partial charge >= 0.3 is 0 Å². The van der Waals surface area contributed by atoms with Gasteiger partial charge in [0.1, 0.15) is 12.1 Å². The molecule has 7 nitrogen and oxygen atoms in total. The van der Waals surface area contributed by atoms with Crippen LogP contribution in [-0.4, -0.2) is 47.5 Å². The standard InChI is InChI=1S/C18H19N3O4/c1-10-16(22)21-12(17(23)20(10)3)7-18(2,8-19)15(21)11-4-5-13-14(6-11)25-9-24-13/h4-6,10,12,15H,7,9H2,1-3H3/t10-,12+,15+,18-/m1/s1. The molecule has 1 aromatic carbocycles. The Kier molecular flexibility index (Phi) is 3.23. The lowest BCUT2D eigenvalue weighted by atomic mass is 9.79. The molecule has 130 valence electrons. The predicted molar refractivity (Wildman–Crippen MR) is 86.5 cm³/mol. The van der Waals surface area contributed by atoms with Crippen LogP contribution in [0.25, 0.3) is 0 Å². The van der Waals surface area contributed by atoms with Crippen molar-refractivity contribution in [2.24, 2.45) is 5.41 Å². The highest BCUT2D eigenvalue weighted by Gasteiger charge is 2.58. The minimum atomic E-state index is -0.853. The number of nitriles is 1. The monoisotopic (exact) mass is 341 g/mol. The first-order valence-corrected chi connectivity index (χ1v) is 8.27. The van der Waals surface area contributed by atoms with Crippen LogP contribution in [0.5, 0.6) is 11.5 Å². The van der Waals surface area contributed by atoms with Crippen molar-refractivity contribution in [1.29, 1.82) is 5.26 Å². The first-order chi connectivity index (χ1) is 11.9. The van der Waals surface area contributed by atoms with Crippen molar-refractivity contribution in [2.45, 2.75) is 38.4 Å². The van der Waals surface area contributed by atoms with Crippen LogP contribution in [0.2, 0.25) is 0 Å².